The van der Waals surface area contributed by atoms with Crippen molar-refractivity contribution in [3.05, 3.63) is 46.4 Å². The zero-order valence-electron chi connectivity index (χ0n) is 13.2. The zero-order chi connectivity index (χ0) is 15.7. The molecule has 3 nitrogen and oxygen atoms in total. The molecule has 0 saturated carbocycles. The van der Waals surface area contributed by atoms with Crippen molar-refractivity contribution in [3.63, 3.8) is 0 Å². The Morgan fingerprint density at radius 1 is 1.33 bits per heavy atom. The van der Waals surface area contributed by atoms with Gasteiger partial charge in [-0.15, -0.1) is 0 Å². The molecule has 0 atom stereocenters. The van der Waals surface area contributed by atoms with Gasteiger partial charge in [0.25, 0.3) is 0 Å². The van der Waals surface area contributed by atoms with Crippen LogP contribution in [-0.4, -0.2) is 13.5 Å². The maximum absolute atomic E-state index is 10.4. The quantitative estimate of drug-likeness (QED) is 0.700. The van der Waals surface area contributed by atoms with Gasteiger partial charge in [-0.3, -0.25) is 4.79 Å². The predicted octanol–water partition coefficient (Wildman–Crippen LogP) is 4.38. The van der Waals surface area contributed by atoms with Crippen molar-refractivity contribution in [1.82, 2.24) is 5.32 Å². The summed E-state index contributed by atoms with van der Waals surface area (Å²) in [6.07, 6.45) is 3.93. The summed E-state index contributed by atoms with van der Waals surface area (Å²) < 4.78 is 0. The Balaban J connectivity index is 3.08. The molecule has 0 spiro atoms. The van der Waals surface area contributed by atoms with Crippen molar-refractivity contribution in [2.24, 2.45) is 0 Å². The first kappa shape index (κ1) is 17.4. The Kier molecular flexibility index (Phi) is 7.69. The Morgan fingerprint density at radius 3 is 2.67 bits per heavy atom. The molecule has 1 aromatic carbocycles. The molecule has 1 rings (SSSR count). The van der Waals surface area contributed by atoms with Gasteiger partial charge in [0.1, 0.15) is 0 Å². The number of thioether (sulfide) groups is 1. The van der Waals surface area contributed by atoms with Crippen LogP contribution < -0.4 is 10.6 Å². The minimum absolute atomic E-state index is 0.535. The second-order valence-electron chi connectivity index (χ2n) is 4.85. The van der Waals surface area contributed by atoms with Gasteiger partial charge in [0.15, 0.2) is 0 Å². The molecular weight excluding hydrogens is 280 g/mol. The normalized spacial score (nSPS) is 10.5. The summed E-state index contributed by atoms with van der Waals surface area (Å²) in [6, 6.07) is 6.30. The predicted molar refractivity (Wildman–Crippen MR) is 94.2 cm³/mol. The fourth-order valence-corrected chi connectivity index (χ4v) is 2.87. The van der Waals surface area contributed by atoms with Crippen LogP contribution in [0.25, 0.3) is 4.91 Å². The third kappa shape index (κ3) is 5.31. The molecule has 2 N–H and O–H groups in total. The third-order valence-corrected chi connectivity index (χ3v) is 4.20. The van der Waals surface area contributed by atoms with Crippen molar-refractivity contribution >= 4 is 28.8 Å². The van der Waals surface area contributed by atoms with Crippen LogP contribution in [0.4, 0.5) is 5.69 Å². The molecule has 1 aromatic rings. The number of allylic oxidation sites excluding steroid dienone is 2. The molecule has 1 amide bonds. The van der Waals surface area contributed by atoms with Gasteiger partial charge in [0.2, 0.25) is 6.41 Å². The van der Waals surface area contributed by atoms with E-state index in [2.05, 4.69) is 61.1 Å². The highest BCUT2D eigenvalue weighted by Crippen LogP contribution is 2.34. The van der Waals surface area contributed by atoms with Crippen LogP contribution in [0.2, 0.25) is 0 Å². The molecule has 0 aliphatic carbocycles. The zero-order valence-corrected chi connectivity index (χ0v) is 14.0. The average molecular weight is 304 g/mol. The van der Waals surface area contributed by atoms with E-state index in [4.69, 9.17) is 0 Å². The van der Waals surface area contributed by atoms with Crippen molar-refractivity contribution in [1.29, 1.82) is 0 Å². The topological polar surface area (TPSA) is 41.1 Å². The molecule has 0 saturated heterocycles. The van der Waals surface area contributed by atoms with E-state index in [1.807, 2.05) is 7.05 Å². The second-order valence-corrected chi connectivity index (χ2v) is 5.76. The van der Waals surface area contributed by atoms with Gasteiger partial charge in [-0.05, 0) is 42.9 Å². The van der Waals surface area contributed by atoms with Crippen molar-refractivity contribution in [2.45, 2.75) is 33.7 Å². The number of amides is 1. The number of anilines is 1. The van der Waals surface area contributed by atoms with Crippen LogP contribution in [0.5, 0.6) is 0 Å². The first-order valence-electron chi connectivity index (χ1n) is 7.11. The summed E-state index contributed by atoms with van der Waals surface area (Å²) in [4.78, 5) is 11.7. The highest BCUT2D eigenvalue weighted by Gasteiger charge is 2.07. The lowest BCUT2D eigenvalue weighted by molar-refractivity contribution is -0.109. The SMILES string of the molecule is CC/C=C\SC(=C(C)C)c1ccc(CNC=O)c(NC)c1. The molecule has 0 aliphatic rings. The first-order valence-corrected chi connectivity index (χ1v) is 7.99. The van der Waals surface area contributed by atoms with Crippen molar-refractivity contribution < 1.29 is 4.79 Å². The lowest BCUT2D eigenvalue weighted by Crippen LogP contribution is -2.11. The van der Waals surface area contributed by atoms with Crippen molar-refractivity contribution in [2.75, 3.05) is 12.4 Å². The largest absolute Gasteiger partial charge is 0.388 e. The summed E-state index contributed by atoms with van der Waals surface area (Å²) in [5.41, 5.74) is 4.61. The third-order valence-electron chi connectivity index (χ3n) is 2.99. The fraction of sp³-hybridized carbons (Fsp3) is 0.353. The number of nitrogens with one attached hydrogen (secondary N) is 2. The van der Waals surface area contributed by atoms with E-state index in [-0.39, 0.29) is 0 Å². The monoisotopic (exact) mass is 304 g/mol. The van der Waals surface area contributed by atoms with Gasteiger partial charge in [-0.2, -0.15) is 0 Å². The molecule has 0 fully saturated rings. The van der Waals surface area contributed by atoms with E-state index in [0.717, 1.165) is 24.1 Å². The number of carbonyl (C=O) groups excluding carboxylic acids is 1. The molecular formula is C17H24N2OS. The highest BCUT2D eigenvalue weighted by molar-refractivity contribution is 8.10. The summed E-state index contributed by atoms with van der Waals surface area (Å²) >= 11 is 1.75. The Labute approximate surface area is 131 Å². The summed E-state index contributed by atoms with van der Waals surface area (Å²) in [6.45, 7) is 6.92. The molecule has 0 aromatic heterocycles. The lowest BCUT2D eigenvalue weighted by Gasteiger charge is -2.13. The summed E-state index contributed by atoms with van der Waals surface area (Å²) in [5, 5.41) is 8.05. The fourth-order valence-electron chi connectivity index (χ4n) is 1.94. The van der Waals surface area contributed by atoms with Crippen molar-refractivity contribution in [3.8, 4) is 0 Å². The highest BCUT2D eigenvalue weighted by atomic mass is 32.2. The number of carbonyl (C=O) groups is 1. The summed E-state index contributed by atoms with van der Waals surface area (Å²) in [7, 11) is 1.90. The van der Waals surface area contributed by atoms with E-state index in [1.165, 1.54) is 16.0 Å². The van der Waals surface area contributed by atoms with E-state index in [9.17, 15) is 4.79 Å². The van der Waals surface area contributed by atoms with Crippen LogP contribution in [0, 0.1) is 0 Å². The molecule has 21 heavy (non-hydrogen) atoms. The van der Waals surface area contributed by atoms with Crippen LogP contribution >= 0.6 is 11.8 Å². The standard InChI is InChI=1S/C17H24N2OS/c1-5-6-9-21-17(13(2)3)14-7-8-15(11-19-12-20)16(10-14)18-4/h6-10,12,18H,5,11H2,1-4H3,(H,19,20)/b9-6-. The molecule has 4 heteroatoms. The molecule has 0 aliphatic heterocycles. The van der Waals surface area contributed by atoms with Gasteiger partial charge >= 0.3 is 0 Å². The number of rotatable bonds is 8. The van der Waals surface area contributed by atoms with Crippen LogP contribution in [-0.2, 0) is 11.3 Å². The lowest BCUT2D eigenvalue weighted by atomic mass is 10.1. The second kappa shape index (κ2) is 9.29. The molecule has 0 bridgehead atoms. The minimum atomic E-state index is 0.535. The van der Waals surface area contributed by atoms with Crippen LogP contribution in [0.1, 0.15) is 38.3 Å². The smallest absolute Gasteiger partial charge is 0.207 e. The Morgan fingerprint density at radius 2 is 2.10 bits per heavy atom. The summed E-state index contributed by atoms with van der Waals surface area (Å²) in [5.74, 6) is 0. The Hall–Kier alpha value is -1.68. The van der Waals surface area contributed by atoms with E-state index >= 15 is 0 Å². The molecule has 114 valence electrons. The minimum Gasteiger partial charge on any atom is -0.388 e. The van der Waals surface area contributed by atoms with E-state index in [0.29, 0.717) is 6.54 Å². The Bertz CT molecular complexity index is 532. The first-order chi connectivity index (χ1) is 10.1. The molecule has 0 unspecified atom stereocenters. The number of hydrogen-bond acceptors (Lipinski definition) is 3. The van der Waals surface area contributed by atoms with Crippen LogP contribution in [0.15, 0.2) is 35.3 Å². The molecule has 0 radical (unpaired) electrons. The molecule has 0 heterocycles. The maximum atomic E-state index is 10.4. The number of benzene rings is 1. The maximum Gasteiger partial charge on any atom is 0.207 e. The van der Waals surface area contributed by atoms with Gasteiger partial charge < -0.3 is 10.6 Å². The van der Waals surface area contributed by atoms with Crippen LogP contribution in [0.3, 0.4) is 0 Å². The van der Waals surface area contributed by atoms with E-state index in [1.54, 1.807) is 11.8 Å². The average Bonchev–Trinajstić information content (AvgIpc) is 2.49. The van der Waals surface area contributed by atoms with Gasteiger partial charge in [0.05, 0.1) is 0 Å². The van der Waals surface area contributed by atoms with Gasteiger partial charge in [0, 0.05) is 24.2 Å². The number of hydrogen-bond donors (Lipinski definition) is 2. The van der Waals surface area contributed by atoms with Gasteiger partial charge in [-0.25, -0.2) is 0 Å². The van der Waals surface area contributed by atoms with E-state index < -0.39 is 0 Å². The van der Waals surface area contributed by atoms with Gasteiger partial charge in [-0.1, -0.05) is 42.5 Å².